The molecule has 0 fully saturated rings. The molecular weight excluding hydrogens is 463 g/mol. The van der Waals surface area contributed by atoms with Gasteiger partial charge >= 0.3 is 0 Å². The quantitative estimate of drug-likeness (QED) is 0.291. The number of benzene rings is 2. The highest BCUT2D eigenvalue weighted by Gasteiger charge is 2.24. The molecule has 0 unspecified atom stereocenters. The normalized spacial score (nSPS) is 10.8. The van der Waals surface area contributed by atoms with Crippen molar-refractivity contribution >= 4 is 23.2 Å². The van der Waals surface area contributed by atoms with Crippen LogP contribution in [0.2, 0.25) is 0 Å². The van der Waals surface area contributed by atoms with Gasteiger partial charge in [-0.15, -0.1) is 11.3 Å². The summed E-state index contributed by atoms with van der Waals surface area (Å²) in [6.45, 7) is 4.75. The number of amides is 2. The van der Waals surface area contributed by atoms with Gasteiger partial charge in [0.05, 0.1) is 19.4 Å². The molecule has 0 aliphatic heterocycles. The van der Waals surface area contributed by atoms with E-state index >= 15 is 0 Å². The molecule has 2 aromatic heterocycles. The summed E-state index contributed by atoms with van der Waals surface area (Å²) in [6, 6.07) is 21.0. The Kier molecular flexibility index (Phi) is 7.77. The molecule has 4 aromatic rings. The van der Waals surface area contributed by atoms with Crippen molar-refractivity contribution in [3.05, 3.63) is 117 Å². The Balaban J connectivity index is 1.58. The standard InChI is InChI=1S/C28H27FN2O3S/c1-20-5-10-23(11-6-20)28(33)31(17-25-4-3-15-34-25)19-27(32)30(18-26-14-7-21(2)35-26)16-22-8-12-24(29)13-9-22/h3-15H,16-19H2,1-2H3. The Hall–Kier alpha value is -3.71. The molecule has 0 aliphatic carbocycles. The number of hydrogen-bond donors (Lipinski definition) is 0. The van der Waals surface area contributed by atoms with E-state index in [1.54, 1.807) is 58.9 Å². The van der Waals surface area contributed by atoms with E-state index < -0.39 is 0 Å². The van der Waals surface area contributed by atoms with Gasteiger partial charge in [0.1, 0.15) is 18.1 Å². The maximum absolute atomic E-state index is 13.6. The fraction of sp³-hybridized carbons (Fsp3) is 0.214. The summed E-state index contributed by atoms with van der Waals surface area (Å²) in [7, 11) is 0. The lowest BCUT2D eigenvalue weighted by Gasteiger charge is -2.27. The largest absolute Gasteiger partial charge is 0.467 e. The monoisotopic (exact) mass is 490 g/mol. The molecule has 2 amide bonds. The number of thiophene rings is 1. The van der Waals surface area contributed by atoms with Crippen molar-refractivity contribution in [1.82, 2.24) is 9.80 Å². The molecule has 2 aromatic carbocycles. The van der Waals surface area contributed by atoms with Crippen LogP contribution in [0.25, 0.3) is 0 Å². The SMILES string of the molecule is Cc1ccc(C(=O)N(CC(=O)N(Cc2ccc(F)cc2)Cc2ccc(C)s2)Cc2ccco2)cc1. The number of carbonyl (C=O) groups excluding carboxylic acids is 2. The lowest BCUT2D eigenvalue weighted by molar-refractivity contribution is -0.133. The van der Waals surface area contributed by atoms with Gasteiger partial charge in [-0.1, -0.05) is 29.8 Å². The van der Waals surface area contributed by atoms with Gasteiger partial charge < -0.3 is 14.2 Å². The summed E-state index contributed by atoms with van der Waals surface area (Å²) in [5, 5.41) is 0. The van der Waals surface area contributed by atoms with Crippen molar-refractivity contribution in [2.24, 2.45) is 0 Å². The lowest BCUT2D eigenvalue weighted by atomic mass is 10.1. The highest BCUT2D eigenvalue weighted by molar-refractivity contribution is 7.11. The maximum atomic E-state index is 13.6. The molecule has 180 valence electrons. The summed E-state index contributed by atoms with van der Waals surface area (Å²) >= 11 is 1.62. The fourth-order valence-corrected chi connectivity index (χ4v) is 4.64. The third-order valence-electron chi connectivity index (χ3n) is 5.62. The zero-order valence-electron chi connectivity index (χ0n) is 19.7. The van der Waals surface area contributed by atoms with E-state index in [0.717, 1.165) is 20.9 Å². The van der Waals surface area contributed by atoms with Gasteiger partial charge in [-0.25, -0.2) is 4.39 Å². The Morgan fingerprint density at radius 2 is 1.60 bits per heavy atom. The van der Waals surface area contributed by atoms with Crippen LogP contribution in [0.3, 0.4) is 0 Å². The molecule has 4 rings (SSSR count). The third-order valence-corrected chi connectivity index (χ3v) is 6.61. The molecule has 0 saturated carbocycles. The van der Waals surface area contributed by atoms with Crippen molar-refractivity contribution in [3.8, 4) is 0 Å². The number of halogens is 1. The molecule has 0 aliphatic rings. The molecule has 7 heteroatoms. The summed E-state index contributed by atoms with van der Waals surface area (Å²) in [4.78, 5) is 32.4. The molecule has 5 nitrogen and oxygen atoms in total. The first-order valence-corrected chi connectivity index (χ1v) is 12.1. The zero-order chi connectivity index (χ0) is 24.8. The summed E-state index contributed by atoms with van der Waals surface area (Å²) in [5.41, 5.74) is 2.37. The van der Waals surface area contributed by atoms with Crippen molar-refractivity contribution in [2.75, 3.05) is 6.54 Å². The Morgan fingerprint density at radius 3 is 2.23 bits per heavy atom. The van der Waals surface area contributed by atoms with Gasteiger partial charge in [-0.05, 0) is 67.9 Å². The molecule has 0 radical (unpaired) electrons. The van der Waals surface area contributed by atoms with Crippen LogP contribution in [0, 0.1) is 19.7 Å². The minimum absolute atomic E-state index is 0.112. The second kappa shape index (κ2) is 11.1. The molecule has 0 bridgehead atoms. The van der Waals surface area contributed by atoms with E-state index in [1.165, 1.54) is 17.0 Å². The van der Waals surface area contributed by atoms with Crippen LogP contribution in [0.5, 0.6) is 0 Å². The topological polar surface area (TPSA) is 53.8 Å². The molecule has 0 N–H and O–H groups in total. The van der Waals surface area contributed by atoms with E-state index in [9.17, 15) is 14.0 Å². The van der Waals surface area contributed by atoms with E-state index in [4.69, 9.17) is 4.42 Å². The van der Waals surface area contributed by atoms with Crippen LogP contribution in [0.1, 0.15) is 37.0 Å². The van der Waals surface area contributed by atoms with Gasteiger partial charge in [-0.2, -0.15) is 0 Å². The first-order chi connectivity index (χ1) is 16.9. The second-order valence-electron chi connectivity index (χ2n) is 8.50. The minimum Gasteiger partial charge on any atom is -0.467 e. The van der Waals surface area contributed by atoms with E-state index in [-0.39, 0.29) is 30.7 Å². The van der Waals surface area contributed by atoms with Gasteiger partial charge in [0.2, 0.25) is 5.91 Å². The van der Waals surface area contributed by atoms with Gasteiger partial charge in [0.25, 0.3) is 5.91 Å². The number of aryl methyl sites for hydroxylation is 2. The van der Waals surface area contributed by atoms with Crippen LogP contribution >= 0.6 is 11.3 Å². The van der Waals surface area contributed by atoms with Crippen LogP contribution in [0.15, 0.2) is 83.5 Å². The summed E-state index contributed by atoms with van der Waals surface area (Å²) in [5.74, 6) is -0.179. The Morgan fingerprint density at radius 1 is 0.857 bits per heavy atom. The van der Waals surface area contributed by atoms with Gasteiger partial charge in [0, 0.05) is 21.9 Å². The van der Waals surface area contributed by atoms with E-state index in [1.807, 2.05) is 38.1 Å². The number of carbonyl (C=O) groups is 2. The van der Waals surface area contributed by atoms with Crippen molar-refractivity contribution in [3.63, 3.8) is 0 Å². The molecule has 2 heterocycles. The molecule has 0 saturated heterocycles. The van der Waals surface area contributed by atoms with Gasteiger partial charge in [-0.3, -0.25) is 9.59 Å². The van der Waals surface area contributed by atoms with Crippen LogP contribution in [-0.2, 0) is 24.4 Å². The van der Waals surface area contributed by atoms with Crippen LogP contribution in [-0.4, -0.2) is 28.2 Å². The van der Waals surface area contributed by atoms with Crippen molar-refractivity contribution in [2.45, 2.75) is 33.5 Å². The predicted molar refractivity (Wildman–Crippen MR) is 134 cm³/mol. The van der Waals surface area contributed by atoms with Crippen molar-refractivity contribution < 1.29 is 18.4 Å². The maximum Gasteiger partial charge on any atom is 0.254 e. The van der Waals surface area contributed by atoms with Crippen LogP contribution in [0.4, 0.5) is 4.39 Å². The second-order valence-corrected chi connectivity index (χ2v) is 9.87. The summed E-state index contributed by atoms with van der Waals surface area (Å²) < 4.78 is 18.9. The molecule has 0 atom stereocenters. The van der Waals surface area contributed by atoms with Gasteiger partial charge in [0.15, 0.2) is 0 Å². The average molecular weight is 491 g/mol. The molecule has 35 heavy (non-hydrogen) atoms. The molecule has 0 spiro atoms. The highest BCUT2D eigenvalue weighted by atomic mass is 32.1. The smallest absolute Gasteiger partial charge is 0.254 e. The zero-order valence-corrected chi connectivity index (χ0v) is 20.6. The fourth-order valence-electron chi connectivity index (χ4n) is 3.73. The van der Waals surface area contributed by atoms with Crippen LogP contribution < -0.4 is 0 Å². The summed E-state index contributed by atoms with van der Waals surface area (Å²) in [6.07, 6.45) is 1.55. The van der Waals surface area contributed by atoms with E-state index in [2.05, 4.69) is 0 Å². The Bertz CT molecular complexity index is 1260. The van der Waals surface area contributed by atoms with E-state index in [0.29, 0.717) is 24.4 Å². The number of rotatable bonds is 9. The first-order valence-electron chi connectivity index (χ1n) is 11.3. The minimum atomic E-state index is -0.325. The Labute approximate surface area is 208 Å². The molecular formula is C28H27FN2O3S. The highest BCUT2D eigenvalue weighted by Crippen LogP contribution is 2.20. The predicted octanol–water partition coefficient (Wildman–Crippen LogP) is 5.97. The lowest BCUT2D eigenvalue weighted by Crippen LogP contribution is -2.42. The third kappa shape index (κ3) is 6.67. The number of furan rings is 1. The first kappa shape index (κ1) is 24.4. The number of hydrogen-bond acceptors (Lipinski definition) is 4. The number of nitrogens with zero attached hydrogens (tertiary/aromatic N) is 2. The average Bonchev–Trinajstić information content (AvgIpc) is 3.51. The van der Waals surface area contributed by atoms with Crippen molar-refractivity contribution in [1.29, 1.82) is 0 Å².